The number of hydrogen-bond acceptors (Lipinski definition) is 4. The Morgan fingerprint density at radius 1 is 1.00 bits per heavy atom. The van der Waals surface area contributed by atoms with Crippen LogP contribution in [0.25, 0.3) is 0 Å². The third-order valence-corrected chi connectivity index (χ3v) is 6.02. The van der Waals surface area contributed by atoms with Crippen LogP contribution in [0.4, 0.5) is 10.1 Å². The van der Waals surface area contributed by atoms with Gasteiger partial charge in [0.1, 0.15) is 5.82 Å². The molecule has 3 N–H and O–H groups in total. The van der Waals surface area contributed by atoms with Crippen molar-refractivity contribution in [1.82, 2.24) is 9.88 Å². The molecule has 2 unspecified atom stereocenters. The van der Waals surface area contributed by atoms with Gasteiger partial charge in [-0.05, 0) is 60.9 Å². The lowest BCUT2D eigenvalue weighted by atomic mass is 9.89. The zero-order chi connectivity index (χ0) is 23.2. The van der Waals surface area contributed by atoms with E-state index in [9.17, 15) is 14.0 Å². The van der Waals surface area contributed by atoms with Crippen molar-refractivity contribution in [3.8, 4) is 0 Å². The van der Waals surface area contributed by atoms with Gasteiger partial charge in [-0.2, -0.15) is 0 Å². The maximum atomic E-state index is 13.8. The van der Waals surface area contributed by atoms with Crippen molar-refractivity contribution >= 4 is 17.5 Å². The average molecular weight is 447 g/mol. The molecule has 1 aliphatic carbocycles. The zero-order valence-corrected chi connectivity index (χ0v) is 18.3. The van der Waals surface area contributed by atoms with Crippen LogP contribution in [0.5, 0.6) is 0 Å². The van der Waals surface area contributed by atoms with Crippen molar-refractivity contribution in [2.75, 3.05) is 5.32 Å². The van der Waals surface area contributed by atoms with E-state index in [1.807, 2.05) is 12.1 Å². The molecule has 2 amide bonds. The average Bonchev–Trinajstić information content (AvgIpc) is 2.84. The third kappa shape index (κ3) is 5.62. The lowest BCUT2D eigenvalue weighted by molar-refractivity contribution is 0.0583. The standard InChI is InChI=1S/C26H27FN4O2/c27-21-5-3-4-20(16-21)26(33)31(24-7-2-1-6-23(24)28)17-18-8-10-22(11-9-18)30-25(32)19-12-14-29-15-13-19/h3-5,8-16,23-24H,1-2,6-7,17,28H2,(H,30,32). The first-order valence-electron chi connectivity index (χ1n) is 11.1. The summed E-state index contributed by atoms with van der Waals surface area (Å²) in [6, 6.07) is 16.2. The number of hydrogen-bond donors (Lipinski definition) is 2. The van der Waals surface area contributed by atoms with Crippen LogP contribution in [0.15, 0.2) is 73.1 Å². The van der Waals surface area contributed by atoms with E-state index in [1.54, 1.807) is 53.7 Å². The van der Waals surface area contributed by atoms with Crippen molar-refractivity contribution < 1.29 is 14.0 Å². The molecule has 1 saturated carbocycles. The second-order valence-corrected chi connectivity index (χ2v) is 8.35. The number of nitrogens with two attached hydrogens (primary N) is 1. The lowest BCUT2D eigenvalue weighted by Crippen LogP contribution is -2.51. The Labute approximate surface area is 192 Å². The zero-order valence-electron chi connectivity index (χ0n) is 18.3. The fourth-order valence-electron chi connectivity index (χ4n) is 4.25. The van der Waals surface area contributed by atoms with Crippen LogP contribution in [0.2, 0.25) is 0 Å². The molecule has 4 rings (SSSR count). The molecule has 6 nitrogen and oxygen atoms in total. The number of nitrogens with zero attached hydrogens (tertiary/aromatic N) is 2. The maximum absolute atomic E-state index is 13.8. The van der Waals surface area contributed by atoms with E-state index < -0.39 is 5.82 Å². The maximum Gasteiger partial charge on any atom is 0.255 e. The smallest absolute Gasteiger partial charge is 0.255 e. The Balaban J connectivity index is 1.52. The van der Waals surface area contributed by atoms with Crippen molar-refractivity contribution in [3.05, 3.63) is 95.6 Å². The number of halogens is 1. The lowest BCUT2D eigenvalue weighted by Gasteiger charge is -2.38. The Hall–Kier alpha value is -3.58. The minimum Gasteiger partial charge on any atom is -0.330 e. The van der Waals surface area contributed by atoms with Gasteiger partial charge in [0.05, 0.1) is 0 Å². The topological polar surface area (TPSA) is 88.3 Å². The van der Waals surface area contributed by atoms with Gasteiger partial charge in [0.15, 0.2) is 0 Å². The van der Waals surface area contributed by atoms with E-state index in [2.05, 4.69) is 10.3 Å². The van der Waals surface area contributed by atoms with Crippen molar-refractivity contribution in [3.63, 3.8) is 0 Å². The van der Waals surface area contributed by atoms with Gasteiger partial charge in [0, 0.05) is 47.8 Å². The van der Waals surface area contributed by atoms with Gasteiger partial charge in [-0.3, -0.25) is 14.6 Å². The number of anilines is 1. The number of carbonyl (C=O) groups is 2. The molecule has 2 atom stereocenters. The van der Waals surface area contributed by atoms with Crippen molar-refractivity contribution in [2.24, 2.45) is 5.73 Å². The summed E-state index contributed by atoms with van der Waals surface area (Å²) in [5.41, 5.74) is 8.78. The fourth-order valence-corrected chi connectivity index (χ4v) is 4.25. The largest absolute Gasteiger partial charge is 0.330 e. The SMILES string of the molecule is NC1CCCCC1N(Cc1ccc(NC(=O)c2ccncc2)cc1)C(=O)c1cccc(F)c1. The molecule has 1 aliphatic rings. The molecule has 7 heteroatoms. The van der Waals surface area contributed by atoms with Gasteiger partial charge >= 0.3 is 0 Å². The number of nitrogens with one attached hydrogen (secondary N) is 1. The molecule has 3 aromatic rings. The summed E-state index contributed by atoms with van der Waals surface area (Å²) in [4.78, 5) is 31.4. The molecule has 1 aromatic heterocycles. The summed E-state index contributed by atoms with van der Waals surface area (Å²) in [6.07, 6.45) is 6.87. The van der Waals surface area contributed by atoms with E-state index in [1.165, 1.54) is 12.1 Å². The van der Waals surface area contributed by atoms with E-state index in [4.69, 9.17) is 5.73 Å². The minimum absolute atomic E-state index is 0.111. The summed E-state index contributed by atoms with van der Waals surface area (Å²) < 4.78 is 13.8. The highest BCUT2D eigenvalue weighted by molar-refractivity contribution is 6.04. The van der Waals surface area contributed by atoms with Crippen LogP contribution < -0.4 is 11.1 Å². The fraction of sp³-hybridized carbons (Fsp3) is 0.269. The Bertz CT molecular complexity index is 1100. The number of amides is 2. The van der Waals surface area contributed by atoms with Gasteiger partial charge < -0.3 is 16.0 Å². The summed E-state index contributed by atoms with van der Waals surface area (Å²) in [5, 5.41) is 2.86. The van der Waals surface area contributed by atoms with Crippen LogP contribution in [0.1, 0.15) is 52.0 Å². The van der Waals surface area contributed by atoms with Crippen LogP contribution in [0.3, 0.4) is 0 Å². The van der Waals surface area contributed by atoms with Gasteiger partial charge in [-0.15, -0.1) is 0 Å². The first-order chi connectivity index (χ1) is 16.0. The molecule has 1 fully saturated rings. The number of aromatic nitrogens is 1. The number of rotatable bonds is 6. The third-order valence-electron chi connectivity index (χ3n) is 6.02. The van der Waals surface area contributed by atoms with Crippen LogP contribution in [-0.4, -0.2) is 33.8 Å². The highest BCUT2D eigenvalue weighted by atomic mass is 19.1. The van der Waals surface area contributed by atoms with Crippen LogP contribution in [-0.2, 0) is 6.54 Å². The van der Waals surface area contributed by atoms with E-state index >= 15 is 0 Å². The Kier molecular flexibility index (Phi) is 7.10. The summed E-state index contributed by atoms with van der Waals surface area (Å²) in [6.45, 7) is 0.353. The summed E-state index contributed by atoms with van der Waals surface area (Å²) in [5.74, 6) is -0.892. The monoisotopic (exact) mass is 446 g/mol. The van der Waals surface area contributed by atoms with Crippen LogP contribution in [0, 0.1) is 5.82 Å². The van der Waals surface area contributed by atoms with Gasteiger partial charge in [0.25, 0.3) is 11.8 Å². The molecule has 0 radical (unpaired) electrons. The second kappa shape index (κ2) is 10.4. The molecule has 33 heavy (non-hydrogen) atoms. The van der Waals surface area contributed by atoms with Gasteiger partial charge in [0.2, 0.25) is 0 Å². The predicted octanol–water partition coefficient (Wildman–Crippen LogP) is 4.39. The molecule has 170 valence electrons. The normalized spacial score (nSPS) is 17.9. The highest BCUT2D eigenvalue weighted by Crippen LogP contribution is 2.26. The predicted molar refractivity (Wildman–Crippen MR) is 125 cm³/mol. The number of pyridine rings is 1. The summed E-state index contributed by atoms with van der Waals surface area (Å²) >= 11 is 0. The van der Waals surface area contributed by atoms with Crippen molar-refractivity contribution in [2.45, 2.75) is 44.3 Å². The van der Waals surface area contributed by atoms with Crippen molar-refractivity contribution in [1.29, 1.82) is 0 Å². The van der Waals surface area contributed by atoms with Gasteiger partial charge in [-0.25, -0.2) is 4.39 Å². The van der Waals surface area contributed by atoms with Crippen LogP contribution >= 0.6 is 0 Å². The van der Waals surface area contributed by atoms with E-state index in [-0.39, 0.29) is 23.9 Å². The molecule has 0 saturated heterocycles. The molecule has 0 aliphatic heterocycles. The molecule has 2 aromatic carbocycles. The second-order valence-electron chi connectivity index (χ2n) is 8.35. The molecular formula is C26H27FN4O2. The number of benzene rings is 2. The van der Waals surface area contributed by atoms with Gasteiger partial charge in [-0.1, -0.05) is 31.0 Å². The number of carbonyl (C=O) groups excluding carboxylic acids is 2. The molecule has 0 bridgehead atoms. The molecular weight excluding hydrogens is 419 g/mol. The Morgan fingerprint density at radius 2 is 1.73 bits per heavy atom. The Morgan fingerprint density at radius 3 is 2.42 bits per heavy atom. The minimum atomic E-state index is -0.442. The summed E-state index contributed by atoms with van der Waals surface area (Å²) in [7, 11) is 0. The molecule has 1 heterocycles. The molecule has 0 spiro atoms. The van der Waals surface area contributed by atoms with E-state index in [0.717, 1.165) is 31.2 Å². The first-order valence-corrected chi connectivity index (χ1v) is 11.1. The van der Waals surface area contributed by atoms with E-state index in [0.29, 0.717) is 23.4 Å². The highest BCUT2D eigenvalue weighted by Gasteiger charge is 2.31. The first kappa shape index (κ1) is 22.6. The quantitative estimate of drug-likeness (QED) is 0.588.